The highest BCUT2D eigenvalue weighted by molar-refractivity contribution is 5.99. The zero-order chi connectivity index (χ0) is 18.1. The van der Waals surface area contributed by atoms with Crippen molar-refractivity contribution < 1.29 is 9.59 Å². The highest BCUT2D eigenvalue weighted by Gasteiger charge is 2.32. The number of anilines is 2. The van der Waals surface area contributed by atoms with Crippen molar-refractivity contribution in [3.05, 3.63) is 53.9 Å². The number of rotatable bonds is 3. The van der Waals surface area contributed by atoms with Gasteiger partial charge < -0.3 is 15.5 Å². The SMILES string of the molecule is NC(=O)c1cnccc1N1CCC(C(=O)N2CCc3ccccc32)CC1. The summed E-state index contributed by atoms with van der Waals surface area (Å²) in [5.41, 5.74) is 9.02. The summed E-state index contributed by atoms with van der Waals surface area (Å²) in [6.07, 6.45) is 5.66. The molecular weight excluding hydrogens is 328 g/mol. The van der Waals surface area contributed by atoms with Crippen molar-refractivity contribution in [2.75, 3.05) is 29.4 Å². The van der Waals surface area contributed by atoms with Crippen molar-refractivity contribution in [3.63, 3.8) is 0 Å². The molecule has 26 heavy (non-hydrogen) atoms. The summed E-state index contributed by atoms with van der Waals surface area (Å²) in [5.74, 6) is -0.226. The van der Waals surface area contributed by atoms with Crippen LogP contribution < -0.4 is 15.5 Å². The molecule has 6 heteroatoms. The number of hydrogen-bond acceptors (Lipinski definition) is 4. The van der Waals surface area contributed by atoms with E-state index < -0.39 is 5.91 Å². The molecule has 1 aromatic heterocycles. The van der Waals surface area contributed by atoms with Crippen LogP contribution in [0, 0.1) is 5.92 Å². The largest absolute Gasteiger partial charge is 0.371 e. The van der Waals surface area contributed by atoms with Crippen molar-refractivity contribution >= 4 is 23.2 Å². The summed E-state index contributed by atoms with van der Waals surface area (Å²) in [7, 11) is 0. The predicted octanol–water partition coefficient (Wildman–Crippen LogP) is 1.99. The third kappa shape index (κ3) is 2.92. The Morgan fingerprint density at radius 2 is 1.81 bits per heavy atom. The quantitative estimate of drug-likeness (QED) is 0.918. The lowest BCUT2D eigenvalue weighted by Crippen LogP contribution is -2.42. The van der Waals surface area contributed by atoms with Gasteiger partial charge >= 0.3 is 0 Å². The zero-order valence-electron chi connectivity index (χ0n) is 14.6. The van der Waals surface area contributed by atoms with Crippen molar-refractivity contribution in [1.29, 1.82) is 0 Å². The number of fused-ring (bicyclic) bond motifs is 1. The number of aromatic nitrogens is 1. The number of benzene rings is 1. The number of primary amides is 1. The van der Waals surface area contributed by atoms with Crippen LogP contribution in [0.3, 0.4) is 0 Å². The molecule has 1 aromatic carbocycles. The second-order valence-electron chi connectivity index (χ2n) is 6.89. The van der Waals surface area contributed by atoms with Gasteiger partial charge in [-0.15, -0.1) is 0 Å². The summed E-state index contributed by atoms with van der Waals surface area (Å²) >= 11 is 0. The molecular formula is C20H22N4O2. The fourth-order valence-corrected chi connectivity index (χ4v) is 4.01. The first kappa shape index (κ1) is 16.6. The lowest BCUT2D eigenvalue weighted by atomic mass is 9.94. The van der Waals surface area contributed by atoms with E-state index in [2.05, 4.69) is 16.0 Å². The monoisotopic (exact) mass is 350 g/mol. The summed E-state index contributed by atoms with van der Waals surface area (Å²) in [6.45, 7) is 2.24. The Kier molecular flexibility index (Phi) is 4.32. The molecule has 4 rings (SSSR count). The van der Waals surface area contributed by atoms with Gasteiger partial charge in [0.05, 0.1) is 11.3 Å². The minimum Gasteiger partial charge on any atom is -0.371 e. The fraction of sp³-hybridized carbons (Fsp3) is 0.350. The molecule has 0 saturated carbocycles. The molecule has 1 fully saturated rings. The fourth-order valence-electron chi connectivity index (χ4n) is 4.01. The van der Waals surface area contributed by atoms with Gasteiger partial charge in [0, 0.05) is 43.6 Å². The molecule has 0 unspecified atom stereocenters. The highest BCUT2D eigenvalue weighted by Crippen LogP contribution is 2.32. The maximum Gasteiger partial charge on any atom is 0.252 e. The smallest absolute Gasteiger partial charge is 0.252 e. The standard InChI is InChI=1S/C20H22N4O2/c21-19(25)16-13-22-9-5-18(16)23-10-6-15(7-11-23)20(26)24-12-8-14-3-1-2-4-17(14)24/h1-5,9,13,15H,6-8,10-12H2,(H2,21,25). The predicted molar refractivity (Wildman–Crippen MR) is 100 cm³/mol. The van der Waals surface area contributed by atoms with Crippen LogP contribution in [-0.4, -0.2) is 36.4 Å². The average Bonchev–Trinajstić information content (AvgIpc) is 3.11. The summed E-state index contributed by atoms with van der Waals surface area (Å²) in [4.78, 5) is 32.7. The third-order valence-corrected chi connectivity index (χ3v) is 5.40. The molecule has 3 heterocycles. The number of piperidine rings is 1. The van der Waals surface area contributed by atoms with Gasteiger partial charge in [0.25, 0.3) is 5.91 Å². The van der Waals surface area contributed by atoms with E-state index in [4.69, 9.17) is 5.73 Å². The normalized spacial score (nSPS) is 17.2. The maximum absolute atomic E-state index is 13.0. The molecule has 1 saturated heterocycles. The first-order valence-electron chi connectivity index (χ1n) is 9.03. The van der Waals surface area contributed by atoms with Crippen LogP contribution in [0.15, 0.2) is 42.7 Å². The van der Waals surface area contributed by atoms with E-state index in [9.17, 15) is 9.59 Å². The van der Waals surface area contributed by atoms with Gasteiger partial charge in [-0.1, -0.05) is 18.2 Å². The first-order valence-corrected chi connectivity index (χ1v) is 9.03. The molecule has 0 aliphatic carbocycles. The van der Waals surface area contributed by atoms with Gasteiger partial charge in [-0.05, 0) is 37.0 Å². The zero-order valence-corrected chi connectivity index (χ0v) is 14.6. The van der Waals surface area contributed by atoms with E-state index in [1.807, 2.05) is 29.2 Å². The number of carbonyl (C=O) groups excluding carboxylic acids is 2. The lowest BCUT2D eigenvalue weighted by Gasteiger charge is -2.35. The number of amides is 2. The minimum atomic E-state index is -0.472. The van der Waals surface area contributed by atoms with Crippen LogP contribution in [0.2, 0.25) is 0 Å². The second kappa shape index (κ2) is 6.78. The molecule has 0 atom stereocenters. The Labute approximate surface area is 152 Å². The number of hydrogen-bond donors (Lipinski definition) is 1. The third-order valence-electron chi connectivity index (χ3n) is 5.40. The van der Waals surface area contributed by atoms with Crippen LogP contribution in [0.5, 0.6) is 0 Å². The topological polar surface area (TPSA) is 79.5 Å². The average molecular weight is 350 g/mol. The van der Waals surface area contributed by atoms with Gasteiger partial charge in [-0.3, -0.25) is 14.6 Å². The molecule has 2 aliphatic rings. The van der Waals surface area contributed by atoms with E-state index in [-0.39, 0.29) is 11.8 Å². The first-order chi connectivity index (χ1) is 12.6. The van der Waals surface area contributed by atoms with Gasteiger partial charge in [0.2, 0.25) is 5.91 Å². The molecule has 6 nitrogen and oxygen atoms in total. The van der Waals surface area contributed by atoms with Crippen molar-refractivity contribution in [3.8, 4) is 0 Å². The molecule has 2 aromatic rings. The van der Waals surface area contributed by atoms with E-state index in [0.717, 1.165) is 50.3 Å². The van der Waals surface area contributed by atoms with Crippen molar-refractivity contribution in [1.82, 2.24) is 4.98 Å². The van der Waals surface area contributed by atoms with Gasteiger partial charge in [0.1, 0.15) is 0 Å². The molecule has 0 radical (unpaired) electrons. The number of nitrogens with two attached hydrogens (primary N) is 1. The molecule has 0 spiro atoms. The van der Waals surface area contributed by atoms with E-state index in [0.29, 0.717) is 5.56 Å². The summed E-state index contributed by atoms with van der Waals surface area (Å²) in [5, 5.41) is 0. The number of nitrogens with zero attached hydrogens (tertiary/aromatic N) is 3. The van der Waals surface area contributed by atoms with Crippen LogP contribution in [0.25, 0.3) is 0 Å². The van der Waals surface area contributed by atoms with Gasteiger partial charge in [-0.25, -0.2) is 0 Å². The Morgan fingerprint density at radius 1 is 1.04 bits per heavy atom. The van der Waals surface area contributed by atoms with Gasteiger partial charge in [0.15, 0.2) is 0 Å². The Balaban J connectivity index is 1.45. The van der Waals surface area contributed by atoms with E-state index in [1.165, 1.54) is 11.8 Å². The molecule has 2 aliphatic heterocycles. The molecule has 2 N–H and O–H groups in total. The molecule has 2 amide bonds. The summed E-state index contributed by atoms with van der Waals surface area (Å²) in [6, 6.07) is 9.96. The van der Waals surface area contributed by atoms with E-state index >= 15 is 0 Å². The van der Waals surface area contributed by atoms with Crippen molar-refractivity contribution in [2.24, 2.45) is 11.7 Å². The van der Waals surface area contributed by atoms with Crippen LogP contribution in [0.1, 0.15) is 28.8 Å². The van der Waals surface area contributed by atoms with E-state index in [1.54, 1.807) is 6.20 Å². The molecule has 0 bridgehead atoms. The maximum atomic E-state index is 13.0. The molecule has 134 valence electrons. The van der Waals surface area contributed by atoms with Crippen molar-refractivity contribution in [2.45, 2.75) is 19.3 Å². The lowest BCUT2D eigenvalue weighted by molar-refractivity contribution is -0.122. The number of para-hydroxylation sites is 1. The Morgan fingerprint density at radius 3 is 2.58 bits per heavy atom. The van der Waals surface area contributed by atoms with Crippen LogP contribution in [0.4, 0.5) is 11.4 Å². The number of pyridine rings is 1. The van der Waals surface area contributed by atoms with Crippen LogP contribution in [-0.2, 0) is 11.2 Å². The van der Waals surface area contributed by atoms with Crippen LogP contribution >= 0.6 is 0 Å². The Bertz CT molecular complexity index is 843. The number of carbonyl (C=O) groups is 2. The Hall–Kier alpha value is -2.89. The minimum absolute atomic E-state index is 0.0243. The summed E-state index contributed by atoms with van der Waals surface area (Å²) < 4.78 is 0. The second-order valence-corrected chi connectivity index (χ2v) is 6.89. The van der Waals surface area contributed by atoms with Gasteiger partial charge in [-0.2, -0.15) is 0 Å². The highest BCUT2D eigenvalue weighted by atomic mass is 16.2.